The van der Waals surface area contributed by atoms with E-state index in [2.05, 4.69) is 19.2 Å². The van der Waals surface area contributed by atoms with Crippen LogP contribution in [0.4, 0.5) is 0 Å². The SMILES string of the molecule is CCCN(C1CCNCC1)S(=O)(=O)c1cc(C(C)C)c(OC)cc1C. The van der Waals surface area contributed by atoms with Crippen LogP contribution in [0.1, 0.15) is 57.1 Å². The summed E-state index contributed by atoms with van der Waals surface area (Å²) in [6.45, 7) is 10.3. The summed E-state index contributed by atoms with van der Waals surface area (Å²) in [5, 5.41) is 3.32. The van der Waals surface area contributed by atoms with Gasteiger partial charge in [-0.3, -0.25) is 0 Å². The van der Waals surface area contributed by atoms with Crippen LogP contribution in [-0.4, -0.2) is 45.5 Å². The zero-order chi connectivity index (χ0) is 18.6. The quantitative estimate of drug-likeness (QED) is 0.802. The largest absolute Gasteiger partial charge is 0.496 e. The average molecular weight is 369 g/mol. The van der Waals surface area contributed by atoms with Crippen molar-refractivity contribution in [3.05, 3.63) is 23.3 Å². The van der Waals surface area contributed by atoms with Crippen molar-refractivity contribution in [3.8, 4) is 5.75 Å². The Balaban J connectivity index is 2.50. The smallest absolute Gasteiger partial charge is 0.243 e. The molecule has 142 valence electrons. The van der Waals surface area contributed by atoms with Crippen molar-refractivity contribution in [2.75, 3.05) is 26.7 Å². The number of nitrogens with zero attached hydrogens (tertiary/aromatic N) is 1. The van der Waals surface area contributed by atoms with Gasteiger partial charge in [-0.2, -0.15) is 4.31 Å². The second-order valence-electron chi connectivity index (χ2n) is 7.11. The molecule has 0 radical (unpaired) electrons. The van der Waals surface area contributed by atoms with Crippen molar-refractivity contribution in [2.45, 2.75) is 63.8 Å². The van der Waals surface area contributed by atoms with E-state index >= 15 is 0 Å². The summed E-state index contributed by atoms with van der Waals surface area (Å²) in [4.78, 5) is 0.420. The van der Waals surface area contributed by atoms with Crippen LogP contribution in [0.2, 0.25) is 0 Å². The summed E-state index contributed by atoms with van der Waals surface area (Å²) in [6, 6.07) is 3.75. The van der Waals surface area contributed by atoms with Gasteiger partial charge in [-0.1, -0.05) is 20.8 Å². The lowest BCUT2D eigenvalue weighted by atomic mass is 10.0. The first kappa shape index (κ1) is 20.2. The minimum atomic E-state index is -3.52. The van der Waals surface area contributed by atoms with E-state index in [1.807, 2.05) is 26.0 Å². The highest BCUT2D eigenvalue weighted by Crippen LogP contribution is 2.34. The molecule has 1 aliphatic rings. The summed E-state index contributed by atoms with van der Waals surface area (Å²) >= 11 is 0. The zero-order valence-corrected chi connectivity index (χ0v) is 16.9. The number of rotatable bonds is 7. The number of methoxy groups -OCH3 is 1. The normalized spacial score (nSPS) is 16.6. The van der Waals surface area contributed by atoms with Crippen LogP contribution in [0.15, 0.2) is 17.0 Å². The topological polar surface area (TPSA) is 58.6 Å². The van der Waals surface area contributed by atoms with Crippen LogP contribution >= 0.6 is 0 Å². The van der Waals surface area contributed by atoms with Gasteiger partial charge >= 0.3 is 0 Å². The maximum atomic E-state index is 13.5. The maximum absolute atomic E-state index is 13.5. The molecule has 0 atom stereocenters. The van der Waals surface area contributed by atoms with Crippen LogP contribution < -0.4 is 10.1 Å². The first-order chi connectivity index (χ1) is 11.8. The summed E-state index contributed by atoms with van der Waals surface area (Å²) in [6.07, 6.45) is 2.55. The first-order valence-electron chi connectivity index (χ1n) is 9.24. The third-order valence-electron chi connectivity index (χ3n) is 4.90. The predicted molar refractivity (Wildman–Crippen MR) is 102 cm³/mol. The number of benzene rings is 1. The maximum Gasteiger partial charge on any atom is 0.243 e. The fraction of sp³-hybridized carbons (Fsp3) is 0.684. The predicted octanol–water partition coefficient (Wildman–Crippen LogP) is 3.28. The Kier molecular flexibility index (Phi) is 6.88. The highest BCUT2D eigenvalue weighted by atomic mass is 32.2. The lowest BCUT2D eigenvalue weighted by molar-refractivity contribution is 0.262. The molecule has 6 heteroatoms. The second kappa shape index (κ2) is 8.52. The summed E-state index contributed by atoms with van der Waals surface area (Å²) < 4.78 is 34.2. The lowest BCUT2D eigenvalue weighted by Gasteiger charge is -2.34. The average Bonchev–Trinajstić information content (AvgIpc) is 2.59. The molecule has 0 spiro atoms. The Morgan fingerprint density at radius 3 is 2.44 bits per heavy atom. The molecule has 0 bridgehead atoms. The Bertz CT molecular complexity index is 680. The van der Waals surface area contributed by atoms with Crippen LogP contribution in [0.5, 0.6) is 5.75 Å². The van der Waals surface area contributed by atoms with E-state index in [-0.39, 0.29) is 12.0 Å². The number of hydrogen-bond donors (Lipinski definition) is 1. The van der Waals surface area contributed by atoms with E-state index in [1.54, 1.807) is 11.4 Å². The van der Waals surface area contributed by atoms with Gasteiger partial charge in [0.05, 0.1) is 12.0 Å². The van der Waals surface area contributed by atoms with E-state index in [1.165, 1.54) is 0 Å². The van der Waals surface area contributed by atoms with Crippen LogP contribution in [0.3, 0.4) is 0 Å². The van der Waals surface area contributed by atoms with Gasteiger partial charge in [0.15, 0.2) is 0 Å². The third kappa shape index (κ3) is 4.36. The molecule has 0 saturated carbocycles. The zero-order valence-electron chi connectivity index (χ0n) is 16.1. The van der Waals surface area contributed by atoms with Gasteiger partial charge in [0.25, 0.3) is 0 Å². The molecule has 1 aliphatic heterocycles. The molecule has 1 saturated heterocycles. The number of nitrogens with one attached hydrogen (secondary N) is 1. The molecule has 0 amide bonds. The van der Waals surface area contributed by atoms with Gasteiger partial charge in [0, 0.05) is 12.6 Å². The van der Waals surface area contributed by atoms with E-state index in [4.69, 9.17) is 4.74 Å². The number of aryl methyl sites for hydroxylation is 1. The van der Waals surface area contributed by atoms with E-state index < -0.39 is 10.0 Å². The lowest BCUT2D eigenvalue weighted by Crippen LogP contribution is -2.46. The monoisotopic (exact) mass is 368 g/mol. The molecule has 2 rings (SSSR count). The number of ether oxygens (including phenoxy) is 1. The molecular weight excluding hydrogens is 336 g/mol. The van der Waals surface area contributed by atoms with Gasteiger partial charge in [0.1, 0.15) is 5.75 Å². The molecule has 1 heterocycles. The Hall–Kier alpha value is -1.11. The molecule has 5 nitrogen and oxygen atoms in total. The molecule has 0 unspecified atom stereocenters. The fourth-order valence-corrected chi connectivity index (χ4v) is 5.54. The van der Waals surface area contributed by atoms with Gasteiger partial charge in [-0.05, 0) is 68.5 Å². The van der Waals surface area contributed by atoms with Crippen LogP contribution in [-0.2, 0) is 10.0 Å². The summed E-state index contributed by atoms with van der Waals surface area (Å²) in [5.41, 5.74) is 1.68. The molecule has 1 aromatic carbocycles. The van der Waals surface area contributed by atoms with Gasteiger partial charge in [-0.25, -0.2) is 8.42 Å². The number of sulfonamides is 1. The minimum absolute atomic E-state index is 0.0789. The van der Waals surface area contributed by atoms with Crippen molar-refractivity contribution in [2.24, 2.45) is 0 Å². The van der Waals surface area contributed by atoms with Crippen molar-refractivity contribution in [3.63, 3.8) is 0 Å². The van der Waals surface area contributed by atoms with E-state index in [0.29, 0.717) is 11.4 Å². The molecule has 1 aromatic rings. The molecule has 0 aromatic heterocycles. The standard InChI is InChI=1S/C19H32N2O3S/c1-6-11-21(16-7-9-20-10-8-16)25(22,23)19-13-17(14(2)3)18(24-5)12-15(19)4/h12-14,16,20H,6-11H2,1-5H3. The summed E-state index contributed by atoms with van der Waals surface area (Å²) in [5.74, 6) is 0.957. The van der Waals surface area contributed by atoms with Crippen molar-refractivity contribution >= 4 is 10.0 Å². The Labute approximate surface area is 152 Å². The van der Waals surface area contributed by atoms with Gasteiger partial charge < -0.3 is 10.1 Å². The highest BCUT2D eigenvalue weighted by Gasteiger charge is 2.33. The molecule has 1 fully saturated rings. The van der Waals surface area contributed by atoms with Gasteiger partial charge in [0.2, 0.25) is 10.0 Å². The molecule has 0 aliphatic carbocycles. The molecule has 25 heavy (non-hydrogen) atoms. The van der Waals surface area contributed by atoms with Crippen molar-refractivity contribution in [1.29, 1.82) is 0 Å². The minimum Gasteiger partial charge on any atom is -0.496 e. The van der Waals surface area contributed by atoms with E-state index in [9.17, 15) is 8.42 Å². The molecule has 1 N–H and O–H groups in total. The third-order valence-corrected chi connectivity index (χ3v) is 6.99. The number of piperidine rings is 1. The Morgan fingerprint density at radius 2 is 1.92 bits per heavy atom. The van der Waals surface area contributed by atoms with Crippen LogP contribution in [0.25, 0.3) is 0 Å². The van der Waals surface area contributed by atoms with Crippen molar-refractivity contribution < 1.29 is 13.2 Å². The van der Waals surface area contributed by atoms with Crippen molar-refractivity contribution in [1.82, 2.24) is 9.62 Å². The van der Waals surface area contributed by atoms with Gasteiger partial charge in [-0.15, -0.1) is 0 Å². The first-order valence-corrected chi connectivity index (χ1v) is 10.7. The Morgan fingerprint density at radius 1 is 1.28 bits per heavy atom. The summed E-state index contributed by atoms with van der Waals surface area (Å²) in [7, 11) is -1.89. The molecular formula is C19H32N2O3S. The number of hydrogen-bond acceptors (Lipinski definition) is 4. The highest BCUT2D eigenvalue weighted by molar-refractivity contribution is 7.89. The fourth-order valence-electron chi connectivity index (χ4n) is 3.52. The van der Waals surface area contributed by atoms with E-state index in [0.717, 1.165) is 49.2 Å². The van der Waals surface area contributed by atoms with Crippen LogP contribution in [0, 0.1) is 6.92 Å². The second-order valence-corrected chi connectivity index (χ2v) is 8.97.